The molecule has 0 fully saturated rings. The van der Waals surface area contributed by atoms with Gasteiger partial charge in [-0.3, -0.25) is 4.90 Å². The maximum atomic E-state index is 13.7. The van der Waals surface area contributed by atoms with Crippen LogP contribution in [0.3, 0.4) is 0 Å². The van der Waals surface area contributed by atoms with E-state index in [1.165, 1.54) is 23.3 Å². The van der Waals surface area contributed by atoms with Gasteiger partial charge in [0.1, 0.15) is 39.3 Å². The van der Waals surface area contributed by atoms with Crippen molar-refractivity contribution in [3.8, 4) is 22.5 Å². The second-order valence-electron chi connectivity index (χ2n) is 14.4. The van der Waals surface area contributed by atoms with Crippen molar-refractivity contribution in [2.24, 2.45) is 0 Å². The van der Waals surface area contributed by atoms with Crippen LogP contribution in [0.5, 0.6) is 0 Å². The van der Waals surface area contributed by atoms with E-state index in [0.29, 0.717) is 0 Å². The average molecular weight is 709 g/mol. The molecular formula is C39H43BrFN7. The normalized spacial score (nSPS) is 18.3. The predicted molar refractivity (Wildman–Crippen MR) is 196 cm³/mol. The fraction of sp³-hybridized carbons (Fsp3) is 0.333. The van der Waals surface area contributed by atoms with Gasteiger partial charge < -0.3 is 19.8 Å². The minimum atomic E-state index is -0.252. The first-order valence-corrected chi connectivity index (χ1v) is 17.4. The molecule has 5 aromatic rings. The maximum Gasteiger partial charge on any atom is 0.139 e. The molecule has 3 aromatic carbocycles. The van der Waals surface area contributed by atoms with E-state index in [0.717, 1.165) is 82.7 Å². The molecule has 4 heterocycles. The second-order valence-corrected chi connectivity index (χ2v) is 15.1. The van der Waals surface area contributed by atoms with Gasteiger partial charge in [0.25, 0.3) is 0 Å². The Kier molecular flexibility index (Phi) is 8.42. The van der Waals surface area contributed by atoms with E-state index in [4.69, 9.17) is 9.97 Å². The lowest BCUT2D eigenvalue weighted by Crippen LogP contribution is -2.48. The van der Waals surface area contributed by atoms with Crippen LogP contribution in [0.15, 0.2) is 90.1 Å². The smallest absolute Gasteiger partial charge is 0.139 e. The summed E-state index contributed by atoms with van der Waals surface area (Å²) in [5, 5.41) is 7.32. The summed E-state index contributed by atoms with van der Waals surface area (Å²) in [7, 11) is 2.18. The molecule has 248 valence electrons. The fourth-order valence-electron chi connectivity index (χ4n) is 7.45. The molecule has 9 heteroatoms. The summed E-state index contributed by atoms with van der Waals surface area (Å²) in [6, 6.07) is 24.0. The maximum absolute atomic E-state index is 13.7. The van der Waals surface area contributed by atoms with Crippen LogP contribution in [-0.4, -0.2) is 44.1 Å². The zero-order chi connectivity index (χ0) is 33.8. The molecular weight excluding hydrogens is 665 g/mol. The Labute approximate surface area is 291 Å². The van der Waals surface area contributed by atoms with E-state index in [9.17, 15) is 4.39 Å². The van der Waals surface area contributed by atoms with Crippen molar-refractivity contribution in [1.82, 2.24) is 29.3 Å². The van der Waals surface area contributed by atoms with Gasteiger partial charge >= 0.3 is 0 Å². The van der Waals surface area contributed by atoms with E-state index in [2.05, 4.69) is 130 Å². The van der Waals surface area contributed by atoms with E-state index in [1.54, 1.807) is 12.1 Å². The molecule has 1 unspecified atom stereocenters. The number of nitrogens with zero attached hydrogens (tertiary/aromatic N) is 5. The van der Waals surface area contributed by atoms with Crippen molar-refractivity contribution in [3.63, 3.8) is 0 Å². The number of hydrogen-bond acceptors (Lipinski definition) is 5. The van der Waals surface area contributed by atoms with E-state index >= 15 is 0 Å². The highest BCUT2D eigenvalue weighted by atomic mass is 79.9. The Morgan fingerprint density at radius 2 is 1.69 bits per heavy atom. The molecule has 7 nitrogen and oxygen atoms in total. The number of rotatable bonds is 8. The number of fused-ring (bicyclic) bond motifs is 2. The van der Waals surface area contributed by atoms with Gasteiger partial charge in [0, 0.05) is 29.9 Å². The number of benzene rings is 3. The number of imidazole rings is 2. The van der Waals surface area contributed by atoms with Gasteiger partial charge in [-0.2, -0.15) is 0 Å². The number of aromatic nitrogens is 4. The molecule has 0 spiro atoms. The molecule has 1 atom stereocenters. The molecule has 2 aliphatic heterocycles. The predicted octanol–water partition coefficient (Wildman–Crippen LogP) is 8.59. The van der Waals surface area contributed by atoms with Crippen molar-refractivity contribution < 1.29 is 4.39 Å². The zero-order valence-corrected chi connectivity index (χ0v) is 29.9. The third kappa shape index (κ3) is 5.93. The number of anilines is 2. The van der Waals surface area contributed by atoms with Crippen LogP contribution in [0.25, 0.3) is 22.5 Å². The van der Waals surface area contributed by atoms with Crippen LogP contribution in [0.1, 0.15) is 56.5 Å². The molecule has 0 bridgehead atoms. The van der Waals surface area contributed by atoms with Crippen LogP contribution in [0.2, 0.25) is 0 Å². The van der Waals surface area contributed by atoms with Gasteiger partial charge in [-0.1, -0.05) is 36.4 Å². The van der Waals surface area contributed by atoms with Crippen LogP contribution in [0.4, 0.5) is 15.9 Å². The fourth-order valence-corrected chi connectivity index (χ4v) is 8.43. The molecule has 2 N–H and O–H groups in total. The summed E-state index contributed by atoms with van der Waals surface area (Å²) in [6.45, 7) is 15.4. The first-order valence-electron chi connectivity index (χ1n) is 16.6. The Balaban J connectivity index is 1.20. The molecule has 2 aromatic heterocycles. The van der Waals surface area contributed by atoms with Gasteiger partial charge in [-0.25, -0.2) is 14.4 Å². The van der Waals surface area contributed by atoms with E-state index in [-0.39, 0.29) is 22.9 Å². The van der Waals surface area contributed by atoms with Gasteiger partial charge in [0.15, 0.2) is 0 Å². The molecule has 0 radical (unpaired) electrons. The largest absolute Gasteiger partial charge is 0.340 e. The summed E-state index contributed by atoms with van der Waals surface area (Å²) < 4.78 is 19.3. The van der Waals surface area contributed by atoms with Crippen LogP contribution in [-0.2, 0) is 30.5 Å². The molecule has 2 aliphatic rings. The number of nitrogens with one attached hydrogen (secondary N) is 2. The Morgan fingerprint density at radius 3 is 2.42 bits per heavy atom. The quantitative estimate of drug-likeness (QED) is 0.158. The van der Waals surface area contributed by atoms with Gasteiger partial charge in [-0.05, 0) is 117 Å². The van der Waals surface area contributed by atoms with E-state index < -0.39 is 0 Å². The van der Waals surface area contributed by atoms with Crippen molar-refractivity contribution in [2.45, 2.75) is 64.2 Å². The van der Waals surface area contributed by atoms with Gasteiger partial charge in [0.05, 0.1) is 23.7 Å². The summed E-state index contributed by atoms with van der Waals surface area (Å²) in [6.07, 6.45) is 3.56. The molecule has 0 saturated heterocycles. The molecule has 7 rings (SSSR count). The minimum absolute atomic E-state index is 0.0759. The first kappa shape index (κ1) is 32.5. The third-order valence-corrected chi connectivity index (χ3v) is 10.4. The number of halogens is 2. The lowest BCUT2D eigenvalue weighted by molar-refractivity contribution is 0.109. The summed E-state index contributed by atoms with van der Waals surface area (Å²) in [4.78, 5) is 12.7. The summed E-state index contributed by atoms with van der Waals surface area (Å²) >= 11 is 3.87. The van der Waals surface area contributed by atoms with Crippen molar-refractivity contribution in [3.05, 3.63) is 119 Å². The highest BCUT2D eigenvalue weighted by Crippen LogP contribution is 2.42. The Bertz CT molecular complexity index is 1970. The highest BCUT2D eigenvalue weighted by Gasteiger charge is 2.40. The monoisotopic (exact) mass is 707 g/mol. The lowest BCUT2D eigenvalue weighted by Gasteiger charge is -2.43. The average Bonchev–Trinajstić information content (AvgIpc) is 3.60. The van der Waals surface area contributed by atoms with Gasteiger partial charge in [0.2, 0.25) is 0 Å². The lowest BCUT2D eigenvalue weighted by atomic mass is 9.95. The van der Waals surface area contributed by atoms with Gasteiger partial charge in [-0.15, -0.1) is 6.58 Å². The third-order valence-electron chi connectivity index (χ3n) is 9.66. The minimum Gasteiger partial charge on any atom is -0.340 e. The Morgan fingerprint density at radius 1 is 0.938 bits per heavy atom. The topological polar surface area (TPSA) is 62.9 Å². The second kappa shape index (κ2) is 12.4. The highest BCUT2D eigenvalue weighted by molar-refractivity contribution is 9.10. The number of hydrogen-bond donors (Lipinski definition) is 2. The molecule has 0 saturated carbocycles. The van der Waals surface area contributed by atoms with Crippen molar-refractivity contribution >= 4 is 27.4 Å². The Hall–Kier alpha value is -4.05. The standard InChI is InChI=1S/C39H43BrFN7/c1-7-9-25-10-8-11-28(20-25)34-37(47-32(44-34)22-42-23-38(47,2)3)43-30-18-12-26(13-19-30)21-31-36-45-33(27-14-16-29(41)17-15-27)35(40)48(36)39(4,5)24-46(31)6/h7-8,10-20,31,42-43H,1,9,21-24H2,2-6H3. The molecule has 0 aliphatic carbocycles. The number of likely N-dealkylation sites (N-methyl/N-ethyl adjacent to an activating group) is 1. The molecule has 0 amide bonds. The number of allylic oxidation sites excluding steroid dienone is 1. The first-order chi connectivity index (χ1) is 22.9. The van der Waals surface area contributed by atoms with Crippen LogP contribution < -0.4 is 10.6 Å². The van der Waals surface area contributed by atoms with Crippen LogP contribution in [0, 0.1) is 5.82 Å². The summed E-state index contributed by atoms with van der Waals surface area (Å²) in [5.41, 5.74) is 6.92. The summed E-state index contributed by atoms with van der Waals surface area (Å²) in [5.74, 6) is 2.79. The van der Waals surface area contributed by atoms with E-state index in [1.807, 2.05) is 6.08 Å². The van der Waals surface area contributed by atoms with Crippen LogP contribution >= 0.6 is 15.9 Å². The molecule has 48 heavy (non-hydrogen) atoms. The SMILES string of the molecule is C=CCc1cccc(-c2nc3n(c2Nc2ccc(CC4c5nc(-c6ccc(F)cc6)c(Br)n5C(C)(C)CN4C)cc2)C(C)(C)CNC3)c1. The zero-order valence-electron chi connectivity index (χ0n) is 28.3. The van der Waals surface area contributed by atoms with Crippen molar-refractivity contribution in [1.29, 1.82) is 0 Å². The van der Waals surface area contributed by atoms with Crippen molar-refractivity contribution in [2.75, 3.05) is 25.5 Å².